The number of hydrogen-bond acceptors (Lipinski definition) is 3. The van der Waals surface area contributed by atoms with E-state index in [4.69, 9.17) is 4.74 Å². The van der Waals surface area contributed by atoms with Crippen molar-refractivity contribution >= 4 is 11.9 Å². The third-order valence-corrected chi connectivity index (χ3v) is 5.99. The molecule has 3 atom stereocenters. The number of ether oxygens (including phenoxy) is 1. The molecule has 1 saturated carbocycles. The highest BCUT2D eigenvalue weighted by Crippen LogP contribution is 2.32. The monoisotopic (exact) mass is 382 g/mol. The Morgan fingerprint density at radius 2 is 1.41 bits per heavy atom. The van der Waals surface area contributed by atoms with Gasteiger partial charge in [-0.05, 0) is 31.6 Å². The summed E-state index contributed by atoms with van der Waals surface area (Å²) in [5.41, 5.74) is 0. The van der Waals surface area contributed by atoms with Crippen molar-refractivity contribution in [3.63, 3.8) is 0 Å². The zero-order valence-corrected chi connectivity index (χ0v) is 17.9. The topological polar surface area (TPSA) is 63.6 Å². The van der Waals surface area contributed by atoms with Crippen LogP contribution < -0.4 is 0 Å². The Hall–Kier alpha value is -1.06. The van der Waals surface area contributed by atoms with Gasteiger partial charge < -0.3 is 9.84 Å². The van der Waals surface area contributed by atoms with Gasteiger partial charge in [0.2, 0.25) is 0 Å². The summed E-state index contributed by atoms with van der Waals surface area (Å²) in [6.45, 7) is 6.41. The van der Waals surface area contributed by atoms with Crippen molar-refractivity contribution in [3.8, 4) is 0 Å². The average Bonchev–Trinajstić information content (AvgIpc) is 2.65. The number of rotatable bonds is 14. The molecule has 3 unspecified atom stereocenters. The van der Waals surface area contributed by atoms with E-state index in [1.54, 1.807) is 0 Å². The smallest absolute Gasteiger partial charge is 0.310 e. The van der Waals surface area contributed by atoms with Crippen LogP contribution >= 0.6 is 0 Å². The number of unbranched alkanes of at least 4 members (excludes halogenated alkanes) is 8. The summed E-state index contributed by atoms with van der Waals surface area (Å²) in [4.78, 5) is 24.0. The molecule has 0 aromatic carbocycles. The number of hydrogen-bond donors (Lipinski definition) is 1. The number of carbonyl (C=O) groups excluding carboxylic acids is 1. The van der Waals surface area contributed by atoms with Crippen molar-refractivity contribution in [3.05, 3.63) is 0 Å². The van der Waals surface area contributed by atoms with E-state index in [1.807, 2.05) is 0 Å². The molecule has 0 aromatic rings. The van der Waals surface area contributed by atoms with Crippen LogP contribution in [0.25, 0.3) is 0 Å². The van der Waals surface area contributed by atoms with Crippen LogP contribution in [0.4, 0.5) is 0 Å². The van der Waals surface area contributed by atoms with E-state index in [9.17, 15) is 14.7 Å². The highest BCUT2D eigenvalue weighted by atomic mass is 16.5. The van der Waals surface area contributed by atoms with E-state index in [-0.39, 0.29) is 18.0 Å². The van der Waals surface area contributed by atoms with Crippen molar-refractivity contribution in [2.45, 2.75) is 117 Å². The molecule has 1 N–H and O–H groups in total. The summed E-state index contributed by atoms with van der Waals surface area (Å²) >= 11 is 0. The van der Waals surface area contributed by atoms with Gasteiger partial charge in [0, 0.05) is 0 Å². The van der Waals surface area contributed by atoms with E-state index < -0.39 is 17.8 Å². The number of carboxylic acids is 1. The molecule has 0 aliphatic heterocycles. The van der Waals surface area contributed by atoms with E-state index in [0.717, 1.165) is 25.7 Å². The number of aliphatic carboxylic acids is 1. The second kappa shape index (κ2) is 14.0. The maximum Gasteiger partial charge on any atom is 0.310 e. The maximum atomic E-state index is 12.6. The van der Waals surface area contributed by atoms with Gasteiger partial charge >= 0.3 is 11.9 Å². The van der Waals surface area contributed by atoms with Gasteiger partial charge in [-0.2, -0.15) is 0 Å². The number of esters is 1. The molecule has 0 saturated heterocycles. The quantitative estimate of drug-likeness (QED) is 0.280. The maximum absolute atomic E-state index is 12.6. The van der Waals surface area contributed by atoms with Gasteiger partial charge in [-0.3, -0.25) is 9.59 Å². The van der Waals surface area contributed by atoms with E-state index in [2.05, 4.69) is 20.8 Å². The summed E-state index contributed by atoms with van der Waals surface area (Å²) in [5.74, 6) is -1.88. The van der Waals surface area contributed by atoms with Gasteiger partial charge in [-0.15, -0.1) is 0 Å². The molecule has 27 heavy (non-hydrogen) atoms. The van der Waals surface area contributed by atoms with Crippen LogP contribution in [0.1, 0.15) is 111 Å². The van der Waals surface area contributed by atoms with Gasteiger partial charge in [-0.1, -0.05) is 85.0 Å². The minimum atomic E-state index is -0.850. The first-order valence-corrected chi connectivity index (χ1v) is 11.4. The van der Waals surface area contributed by atoms with Crippen LogP contribution in [0.2, 0.25) is 0 Å². The highest BCUT2D eigenvalue weighted by molar-refractivity contribution is 5.81. The van der Waals surface area contributed by atoms with Crippen molar-refractivity contribution in [1.82, 2.24) is 0 Å². The average molecular weight is 383 g/mol. The molecular formula is C23H42O4. The fraction of sp³-hybridized carbons (Fsp3) is 0.913. The van der Waals surface area contributed by atoms with Crippen LogP contribution in [0.15, 0.2) is 0 Å². The highest BCUT2D eigenvalue weighted by Gasteiger charge is 2.37. The predicted octanol–water partition coefficient (Wildman–Crippen LogP) is 6.37. The van der Waals surface area contributed by atoms with Crippen LogP contribution in [0, 0.1) is 17.8 Å². The molecule has 1 aliphatic carbocycles. The van der Waals surface area contributed by atoms with Gasteiger partial charge in [0.1, 0.15) is 6.10 Å². The Kier molecular flexibility index (Phi) is 12.4. The third-order valence-electron chi connectivity index (χ3n) is 5.99. The third kappa shape index (κ3) is 9.62. The molecule has 0 spiro atoms. The molecule has 1 fully saturated rings. The molecule has 0 amide bonds. The first-order valence-electron chi connectivity index (χ1n) is 11.4. The zero-order valence-electron chi connectivity index (χ0n) is 17.9. The lowest BCUT2D eigenvalue weighted by Crippen LogP contribution is -2.36. The minimum Gasteiger partial charge on any atom is -0.481 e. The van der Waals surface area contributed by atoms with E-state index in [0.29, 0.717) is 12.8 Å². The van der Waals surface area contributed by atoms with Crippen molar-refractivity contribution in [2.24, 2.45) is 17.8 Å². The zero-order chi connectivity index (χ0) is 20.1. The largest absolute Gasteiger partial charge is 0.481 e. The molecule has 1 rings (SSSR count). The molecule has 0 bridgehead atoms. The lowest BCUT2D eigenvalue weighted by molar-refractivity contribution is -0.165. The summed E-state index contributed by atoms with van der Waals surface area (Å²) in [7, 11) is 0. The molecule has 0 heterocycles. The summed E-state index contributed by atoms with van der Waals surface area (Å²) in [6.07, 6.45) is 15.4. The van der Waals surface area contributed by atoms with Crippen LogP contribution in [0.5, 0.6) is 0 Å². The van der Waals surface area contributed by atoms with Crippen LogP contribution in [-0.2, 0) is 14.3 Å². The first kappa shape index (κ1) is 24.0. The first-order chi connectivity index (χ1) is 13.0. The molecule has 1 aliphatic rings. The Morgan fingerprint density at radius 3 is 1.93 bits per heavy atom. The molecular weight excluding hydrogens is 340 g/mol. The second-order valence-electron chi connectivity index (χ2n) is 8.67. The summed E-state index contributed by atoms with van der Waals surface area (Å²) < 4.78 is 5.80. The van der Waals surface area contributed by atoms with Gasteiger partial charge in [0.05, 0.1) is 11.8 Å². The normalized spacial score (nSPS) is 21.2. The van der Waals surface area contributed by atoms with Crippen molar-refractivity contribution in [1.29, 1.82) is 0 Å². The Bertz CT molecular complexity index is 419. The van der Waals surface area contributed by atoms with Gasteiger partial charge in [0.15, 0.2) is 0 Å². The fourth-order valence-electron chi connectivity index (χ4n) is 4.13. The van der Waals surface area contributed by atoms with E-state index >= 15 is 0 Å². The summed E-state index contributed by atoms with van der Waals surface area (Å²) in [6, 6.07) is 0. The molecule has 4 nitrogen and oxygen atoms in total. The predicted molar refractivity (Wildman–Crippen MR) is 110 cm³/mol. The minimum absolute atomic E-state index is 0.0848. The lowest BCUT2D eigenvalue weighted by atomic mass is 9.79. The Morgan fingerprint density at radius 1 is 0.889 bits per heavy atom. The number of carboxylic acid groups (broad SMARTS) is 1. The van der Waals surface area contributed by atoms with Gasteiger partial charge in [0.25, 0.3) is 0 Å². The molecule has 4 heteroatoms. The fourth-order valence-corrected chi connectivity index (χ4v) is 4.13. The summed E-state index contributed by atoms with van der Waals surface area (Å²) in [5, 5.41) is 9.38. The van der Waals surface area contributed by atoms with Crippen molar-refractivity contribution < 1.29 is 19.4 Å². The molecule has 158 valence electrons. The van der Waals surface area contributed by atoms with Crippen LogP contribution in [-0.4, -0.2) is 23.1 Å². The second-order valence-corrected chi connectivity index (χ2v) is 8.67. The Balaban J connectivity index is 2.30. The molecule has 0 aromatic heterocycles. The molecule has 0 radical (unpaired) electrons. The lowest BCUT2D eigenvalue weighted by Gasteiger charge is -2.30. The van der Waals surface area contributed by atoms with Gasteiger partial charge in [-0.25, -0.2) is 0 Å². The number of carbonyl (C=O) groups is 2. The Labute approximate surface area is 166 Å². The van der Waals surface area contributed by atoms with E-state index in [1.165, 1.54) is 51.4 Å². The van der Waals surface area contributed by atoms with Crippen molar-refractivity contribution in [2.75, 3.05) is 0 Å². The SMILES string of the molecule is CCCCCCCCCCCC(OC(=O)C1CCCCC1C(=O)O)C(C)C. The van der Waals surface area contributed by atoms with Crippen LogP contribution in [0.3, 0.4) is 0 Å². The standard InChI is InChI=1S/C23H42O4/c1-4-5-6-7-8-9-10-11-12-17-21(18(2)3)27-23(26)20-16-14-13-15-19(20)22(24)25/h18-21H,4-17H2,1-3H3,(H,24,25).